The molecular weight excluding hydrogens is 492 g/mol. The van der Waals surface area contributed by atoms with Crippen molar-refractivity contribution in [1.29, 1.82) is 0 Å². The van der Waals surface area contributed by atoms with Crippen LogP contribution in [0.4, 0.5) is 16.6 Å². The number of amides is 2. The number of alkyl carbamates (subject to hydrolysis) is 1. The molecule has 0 spiro atoms. The number of ether oxygens (including phenoxy) is 1. The topological polar surface area (TPSA) is 208 Å². The number of fused-ring (bicyclic) bond motifs is 1. The highest BCUT2D eigenvalue weighted by Crippen LogP contribution is 2.16. The van der Waals surface area contributed by atoms with Crippen LogP contribution in [0.3, 0.4) is 0 Å². The largest absolute Gasteiger partial charge is 0.480 e. The van der Waals surface area contributed by atoms with Gasteiger partial charge >= 0.3 is 12.1 Å². The number of carboxylic acids is 1. The summed E-state index contributed by atoms with van der Waals surface area (Å²) in [6.45, 7) is 5.47. The molecule has 0 saturated carbocycles. The van der Waals surface area contributed by atoms with Gasteiger partial charge in [0.1, 0.15) is 11.6 Å². The molecule has 2 aromatic heterocycles. The number of aryl methyl sites for hydroxylation is 2. The Morgan fingerprint density at radius 2 is 1.76 bits per heavy atom. The lowest BCUT2D eigenvalue weighted by molar-refractivity contribution is -0.139. The lowest BCUT2D eigenvalue weighted by Crippen LogP contribution is -2.41. The Labute approximate surface area is 219 Å². The highest BCUT2D eigenvalue weighted by Gasteiger charge is 2.21. The van der Waals surface area contributed by atoms with E-state index in [-0.39, 0.29) is 24.7 Å². The van der Waals surface area contributed by atoms with Crippen molar-refractivity contribution in [3.05, 3.63) is 47.3 Å². The van der Waals surface area contributed by atoms with E-state index in [9.17, 15) is 19.5 Å². The molecule has 0 radical (unpaired) electrons. The number of nitrogens with two attached hydrogens (primary N) is 2. The minimum Gasteiger partial charge on any atom is -0.480 e. The highest BCUT2D eigenvalue weighted by molar-refractivity contribution is 5.96. The first-order chi connectivity index (χ1) is 17.9. The van der Waals surface area contributed by atoms with E-state index in [4.69, 9.17) is 16.2 Å². The van der Waals surface area contributed by atoms with Gasteiger partial charge in [-0.2, -0.15) is 9.97 Å². The van der Waals surface area contributed by atoms with Gasteiger partial charge in [-0.15, -0.1) is 0 Å². The fourth-order valence-corrected chi connectivity index (χ4v) is 3.51. The average Bonchev–Trinajstić information content (AvgIpc) is 2.83. The molecule has 3 rings (SSSR count). The molecule has 3 aromatic rings. The van der Waals surface area contributed by atoms with Crippen LogP contribution in [0.5, 0.6) is 0 Å². The Balaban J connectivity index is 1.50. The lowest BCUT2D eigenvalue weighted by Gasteiger charge is -2.20. The van der Waals surface area contributed by atoms with Gasteiger partial charge in [-0.3, -0.25) is 4.79 Å². The van der Waals surface area contributed by atoms with Crippen LogP contribution in [0.25, 0.3) is 11.2 Å². The molecule has 38 heavy (non-hydrogen) atoms. The summed E-state index contributed by atoms with van der Waals surface area (Å²) in [6, 6.07) is 5.76. The van der Waals surface area contributed by atoms with E-state index >= 15 is 0 Å². The van der Waals surface area contributed by atoms with Gasteiger partial charge in [-0.25, -0.2) is 19.6 Å². The highest BCUT2D eigenvalue weighted by atomic mass is 16.6. The van der Waals surface area contributed by atoms with E-state index in [1.165, 1.54) is 0 Å². The van der Waals surface area contributed by atoms with Crippen molar-refractivity contribution in [1.82, 2.24) is 30.6 Å². The number of rotatable bonds is 10. The predicted octanol–water partition coefficient (Wildman–Crippen LogP) is 1.86. The quantitative estimate of drug-likeness (QED) is 0.242. The Hall–Kier alpha value is -4.55. The Morgan fingerprint density at radius 3 is 2.42 bits per heavy atom. The van der Waals surface area contributed by atoms with Crippen LogP contribution >= 0.6 is 0 Å². The number of aromatic nitrogens is 4. The predicted molar refractivity (Wildman–Crippen MR) is 140 cm³/mol. The van der Waals surface area contributed by atoms with Crippen LogP contribution in [0, 0.1) is 0 Å². The summed E-state index contributed by atoms with van der Waals surface area (Å²) in [5.41, 5.74) is 13.5. The van der Waals surface area contributed by atoms with E-state index in [0.29, 0.717) is 41.7 Å². The molecule has 13 nitrogen and oxygen atoms in total. The molecule has 1 atom stereocenters. The van der Waals surface area contributed by atoms with Crippen molar-refractivity contribution < 1.29 is 24.2 Å². The van der Waals surface area contributed by atoms with Gasteiger partial charge < -0.3 is 31.9 Å². The van der Waals surface area contributed by atoms with Crippen molar-refractivity contribution in [3.8, 4) is 0 Å². The number of carbonyl (C=O) groups is 3. The number of anilines is 2. The molecule has 13 heteroatoms. The third-order valence-electron chi connectivity index (χ3n) is 5.33. The summed E-state index contributed by atoms with van der Waals surface area (Å²) in [6.07, 6.45) is 2.70. The molecule has 1 aromatic carbocycles. The third kappa shape index (κ3) is 8.25. The number of benzene rings is 1. The fourth-order valence-electron chi connectivity index (χ4n) is 3.51. The molecular formula is C25H32N8O5. The van der Waals surface area contributed by atoms with Crippen LogP contribution in [-0.4, -0.2) is 61.2 Å². The molecule has 0 aliphatic carbocycles. The maximum absolute atomic E-state index is 12.6. The SMILES string of the molecule is CC(C)(C)OC(=O)NCCC[C@H](NC(=O)c1ccc(CCc2cnc3nc(N)nc(N)c3n2)cc1)C(=O)O. The monoisotopic (exact) mass is 524 g/mol. The summed E-state index contributed by atoms with van der Waals surface area (Å²) >= 11 is 0. The number of carboxylic acid groups (broad SMARTS) is 1. The van der Waals surface area contributed by atoms with E-state index in [0.717, 1.165) is 5.56 Å². The number of hydrogen-bond donors (Lipinski definition) is 5. The summed E-state index contributed by atoms with van der Waals surface area (Å²) in [7, 11) is 0. The Kier molecular flexibility index (Phi) is 8.94. The zero-order chi connectivity index (χ0) is 27.9. The number of carbonyl (C=O) groups excluding carboxylic acids is 2. The van der Waals surface area contributed by atoms with Crippen molar-refractivity contribution >= 4 is 40.9 Å². The molecule has 0 bridgehead atoms. The molecule has 0 unspecified atom stereocenters. The number of nitrogen functional groups attached to an aromatic ring is 2. The van der Waals surface area contributed by atoms with Crippen molar-refractivity contribution in [3.63, 3.8) is 0 Å². The molecule has 2 amide bonds. The van der Waals surface area contributed by atoms with Crippen LogP contribution in [0.2, 0.25) is 0 Å². The van der Waals surface area contributed by atoms with Gasteiger partial charge in [0.2, 0.25) is 5.95 Å². The maximum Gasteiger partial charge on any atom is 0.407 e. The zero-order valence-electron chi connectivity index (χ0n) is 21.5. The minimum absolute atomic E-state index is 0.0334. The molecule has 2 heterocycles. The number of nitrogens with one attached hydrogen (secondary N) is 2. The zero-order valence-corrected chi connectivity index (χ0v) is 21.5. The summed E-state index contributed by atoms with van der Waals surface area (Å²) in [5.74, 6) is -1.46. The van der Waals surface area contributed by atoms with Crippen LogP contribution in [0.15, 0.2) is 30.5 Å². The van der Waals surface area contributed by atoms with Crippen LogP contribution in [0.1, 0.15) is 55.2 Å². The smallest absolute Gasteiger partial charge is 0.407 e. The second kappa shape index (κ2) is 12.1. The third-order valence-corrected chi connectivity index (χ3v) is 5.33. The lowest BCUT2D eigenvalue weighted by atomic mass is 10.1. The van der Waals surface area contributed by atoms with Crippen LogP contribution < -0.4 is 22.1 Å². The second-order valence-electron chi connectivity index (χ2n) is 9.63. The van der Waals surface area contributed by atoms with Gasteiger partial charge in [-0.05, 0) is 64.2 Å². The second-order valence-corrected chi connectivity index (χ2v) is 9.63. The van der Waals surface area contributed by atoms with Crippen molar-refractivity contribution in [2.24, 2.45) is 0 Å². The van der Waals surface area contributed by atoms with Crippen LogP contribution in [-0.2, 0) is 22.4 Å². The van der Waals surface area contributed by atoms with Gasteiger partial charge in [0, 0.05) is 12.1 Å². The van der Waals surface area contributed by atoms with E-state index in [2.05, 4.69) is 30.6 Å². The number of nitrogens with zero attached hydrogens (tertiary/aromatic N) is 4. The van der Waals surface area contributed by atoms with Crippen molar-refractivity contribution in [2.75, 3.05) is 18.0 Å². The first-order valence-electron chi connectivity index (χ1n) is 12.1. The molecule has 0 saturated heterocycles. The molecule has 0 fully saturated rings. The van der Waals surface area contributed by atoms with Gasteiger partial charge in [0.25, 0.3) is 5.91 Å². The van der Waals surface area contributed by atoms with Crippen molar-refractivity contribution in [2.45, 2.75) is 58.1 Å². The van der Waals surface area contributed by atoms with E-state index in [1.807, 2.05) is 0 Å². The summed E-state index contributed by atoms with van der Waals surface area (Å²) in [4.78, 5) is 52.5. The summed E-state index contributed by atoms with van der Waals surface area (Å²) < 4.78 is 5.14. The molecule has 7 N–H and O–H groups in total. The molecule has 202 valence electrons. The van der Waals surface area contributed by atoms with Gasteiger partial charge in [0.15, 0.2) is 17.0 Å². The number of aliphatic carboxylic acids is 1. The van der Waals surface area contributed by atoms with E-state index < -0.39 is 29.6 Å². The Morgan fingerprint density at radius 1 is 1.05 bits per heavy atom. The first-order valence-corrected chi connectivity index (χ1v) is 12.1. The first kappa shape index (κ1) is 28.0. The van der Waals surface area contributed by atoms with E-state index in [1.54, 1.807) is 51.2 Å². The molecule has 0 aliphatic rings. The maximum atomic E-state index is 12.6. The normalized spacial score (nSPS) is 12.1. The number of hydrogen-bond acceptors (Lipinski definition) is 10. The average molecular weight is 525 g/mol. The van der Waals surface area contributed by atoms with Gasteiger partial charge in [0.05, 0.1) is 11.9 Å². The van der Waals surface area contributed by atoms with Gasteiger partial charge in [-0.1, -0.05) is 12.1 Å². The summed E-state index contributed by atoms with van der Waals surface area (Å²) in [5, 5.41) is 14.6. The standard InChI is InChI=1S/C25H32N8O5/c1-25(2,3)38-24(37)28-12-4-5-17(22(35)36)31-21(34)15-9-6-14(7-10-15)8-11-16-13-29-20-18(30-16)19(26)32-23(27)33-20/h6-7,9-10,13,17H,4-5,8,11-12H2,1-3H3,(H,28,37)(H,31,34)(H,35,36)(H4,26,27,29,32,33)/t17-/m0/s1. The minimum atomic E-state index is -1.16. The Bertz CT molecular complexity index is 1310. The fraction of sp³-hybridized carbons (Fsp3) is 0.400. The molecule has 0 aliphatic heterocycles.